The van der Waals surface area contributed by atoms with Crippen molar-refractivity contribution in [2.75, 3.05) is 51.9 Å². The van der Waals surface area contributed by atoms with Gasteiger partial charge >= 0.3 is 0 Å². The topological polar surface area (TPSA) is 55.0 Å². The number of benzene rings is 2. The number of nitrogens with zero attached hydrogens (tertiary/aromatic N) is 1. The van der Waals surface area contributed by atoms with Crippen LogP contribution in [0.1, 0.15) is 18.5 Å². The Bertz CT molecular complexity index is 762. The van der Waals surface area contributed by atoms with Crippen molar-refractivity contribution in [1.29, 1.82) is 0 Å². The van der Waals surface area contributed by atoms with Crippen molar-refractivity contribution in [2.45, 2.75) is 13.0 Å². The van der Waals surface area contributed by atoms with E-state index in [0.717, 1.165) is 43.5 Å². The molecule has 156 valence electrons. The molecule has 7 heteroatoms. The number of hydrogen-bond acceptors (Lipinski definition) is 5. The van der Waals surface area contributed by atoms with Crippen LogP contribution in [-0.4, -0.2) is 56.6 Å². The Hall–Kier alpha value is -2.35. The maximum Gasteiger partial charge on any atom is 0.170 e. The quantitative estimate of drug-likeness (QED) is 0.641. The predicted molar refractivity (Wildman–Crippen MR) is 120 cm³/mol. The van der Waals surface area contributed by atoms with Crippen LogP contribution in [-0.2, 0) is 4.74 Å². The zero-order chi connectivity index (χ0) is 20.5. The number of thiocarbonyl (C=S) groups is 1. The van der Waals surface area contributed by atoms with Crippen LogP contribution in [0.5, 0.6) is 11.5 Å². The van der Waals surface area contributed by atoms with Gasteiger partial charge in [0.15, 0.2) is 5.11 Å². The van der Waals surface area contributed by atoms with Gasteiger partial charge in [-0.05, 0) is 61.1 Å². The number of hydrogen-bond donors (Lipinski definition) is 2. The summed E-state index contributed by atoms with van der Waals surface area (Å²) in [5.41, 5.74) is 2.15. The average molecular weight is 416 g/mol. The third-order valence-corrected chi connectivity index (χ3v) is 5.11. The smallest absolute Gasteiger partial charge is 0.170 e. The zero-order valence-electron chi connectivity index (χ0n) is 17.0. The van der Waals surface area contributed by atoms with Gasteiger partial charge in [-0.25, -0.2) is 0 Å². The largest absolute Gasteiger partial charge is 0.497 e. The van der Waals surface area contributed by atoms with E-state index in [4.69, 9.17) is 26.4 Å². The van der Waals surface area contributed by atoms with E-state index in [2.05, 4.69) is 27.7 Å². The summed E-state index contributed by atoms with van der Waals surface area (Å²) < 4.78 is 16.3. The molecule has 1 atom stereocenters. The Kier molecular flexibility index (Phi) is 8.10. The molecule has 1 fully saturated rings. The summed E-state index contributed by atoms with van der Waals surface area (Å²) in [4.78, 5) is 2.43. The molecular weight excluding hydrogens is 386 g/mol. The van der Waals surface area contributed by atoms with E-state index < -0.39 is 0 Å². The molecule has 29 heavy (non-hydrogen) atoms. The third kappa shape index (κ3) is 6.32. The summed E-state index contributed by atoms with van der Waals surface area (Å²) in [5.74, 6) is 1.71. The molecule has 0 aromatic heterocycles. The molecule has 0 bridgehead atoms. The van der Waals surface area contributed by atoms with Crippen LogP contribution in [0.3, 0.4) is 0 Å². The van der Waals surface area contributed by atoms with Crippen molar-refractivity contribution in [3.05, 3.63) is 54.1 Å². The Morgan fingerprint density at radius 2 is 1.72 bits per heavy atom. The average Bonchev–Trinajstić information content (AvgIpc) is 2.77. The van der Waals surface area contributed by atoms with Crippen molar-refractivity contribution in [2.24, 2.45) is 0 Å². The molecule has 0 spiro atoms. The van der Waals surface area contributed by atoms with Gasteiger partial charge in [-0.2, -0.15) is 0 Å². The van der Waals surface area contributed by atoms with Crippen LogP contribution < -0.4 is 20.1 Å². The standard InChI is InChI=1S/C22H29N3O3S/c1-3-28-20-10-6-18(7-11-20)24-22(29)23-16-21(25-12-14-27-15-13-25)17-4-8-19(26-2)9-5-17/h4-11,21H,3,12-16H2,1-2H3,(H2,23,24,29)/t21-/m1/s1. The van der Waals surface area contributed by atoms with Gasteiger partial charge in [0, 0.05) is 25.3 Å². The summed E-state index contributed by atoms with van der Waals surface area (Å²) in [6, 6.07) is 16.2. The lowest BCUT2D eigenvalue weighted by Crippen LogP contribution is -2.44. The summed E-state index contributed by atoms with van der Waals surface area (Å²) >= 11 is 5.51. The lowest BCUT2D eigenvalue weighted by Gasteiger charge is -2.35. The van der Waals surface area contributed by atoms with Crippen LogP contribution in [0.25, 0.3) is 0 Å². The van der Waals surface area contributed by atoms with Crippen LogP contribution in [0.15, 0.2) is 48.5 Å². The molecule has 2 N–H and O–H groups in total. The zero-order valence-corrected chi connectivity index (χ0v) is 17.8. The normalized spacial score (nSPS) is 15.4. The van der Waals surface area contributed by atoms with E-state index in [9.17, 15) is 0 Å². The number of rotatable bonds is 8. The van der Waals surface area contributed by atoms with Crippen LogP contribution in [0.4, 0.5) is 5.69 Å². The minimum atomic E-state index is 0.199. The van der Waals surface area contributed by atoms with Gasteiger partial charge in [0.1, 0.15) is 11.5 Å². The first kappa shape index (κ1) is 21.4. The monoisotopic (exact) mass is 415 g/mol. The maximum absolute atomic E-state index is 5.52. The molecular formula is C22H29N3O3S. The SMILES string of the molecule is CCOc1ccc(NC(=S)NC[C@H](c2ccc(OC)cc2)N2CCOCC2)cc1. The van der Waals surface area contributed by atoms with E-state index in [-0.39, 0.29) is 6.04 Å². The van der Waals surface area contributed by atoms with E-state index in [1.807, 2.05) is 43.3 Å². The Morgan fingerprint density at radius 3 is 2.34 bits per heavy atom. The van der Waals surface area contributed by atoms with E-state index in [1.165, 1.54) is 5.56 Å². The first-order chi connectivity index (χ1) is 14.2. The lowest BCUT2D eigenvalue weighted by molar-refractivity contribution is 0.0170. The van der Waals surface area contributed by atoms with Crippen molar-refractivity contribution in [3.8, 4) is 11.5 Å². The fraction of sp³-hybridized carbons (Fsp3) is 0.409. The number of ether oxygens (including phenoxy) is 3. The lowest BCUT2D eigenvalue weighted by atomic mass is 10.0. The third-order valence-electron chi connectivity index (χ3n) is 4.87. The number of morpholine rings is 1. The molecule has 1 aliphatic heterocycles. The first-order valence-electron chi connectivity index (χ1n) is 9.93. The van der Waals surface area contributed by atoms with Gasteiger partial charge in [-0.1, -0.05) is 12.1 Å². The number of nitrogens with one attached hydrogen (secondary N) is 2. The molecule has 2 aromatic rings. The van der Waals surface area contributed by atoms with E-state index >= 15 is 0 Å². The second-order valence-corrected chi connectivity index (χ2v) is 7.14. The van der Waals surface area contributed by atoms with Gasteiger partial charge in [0.2, 0.25) is 0 Å². The first-order valence-corrected chi connectivity index (χ1v) is 10.3. The van der Waals surface area contributed by atoms with Crippen molar-refractivity contribution >= 4 is 23.0 Å². The van der Waals surface area contributed by atoms with Crippen LogP contribution in [0.2, 0.25) is 0 Å². The van der Waals surface area contributed by atoms with Gasteiger partial charge in [-0.15, -0.1) is 0 Å². The molecule has 1 heterocycles. The fourth-order valence-corrected chi connectivity index (χ4v) is 3.54. The molecule has 0 saturated carbocycles. The van der Waals surface area contributed by atoms with Gasteiger partial charge < -0.3 is 24.8 Å². The summed E-state index contributed by atoms with van der Waals surface area (Å²) in [6.45, 7) is 6.63. The highest BCUT2D eigenvalue weighted by Gasteiger charge is 2.23. The maximum atomic E-state index is 5.52. The predicted octanol–water partition coefficient (Wildman–Crippen LogP) is 3.45. The van der Waals surface area contributed by atoms with Crippen LogP contribution >= 0.6 is 12.2 Å². The van der Waals surface area contributed by atoms with Gasteiger partial charge in [0.05, 0.1) is 33.0 Å². The Morgan fingerprint density at radius 1 is 1.07 bits per heavy atom. The van der Waals surface area contributed by atoms with Crippen molar-refractivity contribution < 1.29 is 14.2 Å². The highest BCUT2D eigenvalue weighted by molar-refractivity contribution is 7.80. The van der Waals surface area contributed by atoms with Crippen molar-refractivity contribution in [3.63, 3.8) is 0 Å². The highest BCUT2D eigenvalue weighted by atomic mass is 32.1. The molecule has 0 radical (unpaired) electrons. The van der Waals surface area contributed by atoms with E-state index in [1.54, 1.807) is 7.11 Å². The molecule has 6 nitrogen and oxygen atoms in total. The molecule has 3 rings (SSSR count). The Balaban J connectivity index is 1.61. The van der Waals surface area contributed by atoms with Gasteiger partial charge in [-0.3, -0.25) is 4.90 Å². The van der Waals surface area contributed by atoms with E-state index in [0.29, 0.717) is 18.3 Å². The molecule has 2 aromatic carbocycles. The number of methoxy groups -OCH3 is 1. The second-order valence-electron chi connectivity index (χ2n) is 6.73. The fourth-order valence-electron chi connectivity index (χ4n) is 3.34. The molecule has 0 aliphatic carbocycles. The van der Waals surface area contributed by atoms with Crippen molar-refractivity contribution in [1.82, 2.24) is 10.2 Å². The summed E-state index contributed by atoms with van der Waals surface area (Å²) in [7, 11) is 1.68. The molecule has 0 amide bonds. The molecule has 1 saturated heterocycles. The minimum absolute atomic E-state index is 0.199. The molecule has 0 unspecified atom stereocenters. The van der Waals surface area contributed by atoms with Gasteiger partial charge in [0.25, 0.3) is 0 Å². The van der Waals surface area contributed by atoms with Crippen LogP contribution in [0, 0.1) is 0 Å². The number of anilines is 1. The molecule has 1 aliphatic rings. The summed E-state index contributed by atoms with van der Waals surface area (Å²) in [5, 5.41) is 7.21. The second kappa shape index (κ2) is 11.0. The summed E-state index contributed by atoms with van der Waals surface area (Å²) in [6.07, 6.45) is 0. The minimum Gasteiger partial charge on any atom is -0.497 e. The highest BCUT2D eigenvalue weighted by Crippen LogP contribution is 2.24. The Labute approximate surface area is 178 Å².